The first-order chi connectivity index (χ1) is 24.7. The molecule has 0 unspecified atom stereocenters. The molecule has 0 bridgehead atoms. The molecule has 0 spiro atoms. The van der Waals surface area contributed by atoms with E-state index in [-0.39, 0.29) is 16.2 Å². The van der Waals surface area contributed by atoms with Crippen molar-refractivity contribution in [1.29, 1.82) is 0 Å². The van der Waals surface area contributed by atoms with Gasteiger partial charge in [0, 0.05) is 43.1 Å². The Morgan fingerprint density at radius 2 is 0.692 bits per heavy atom. The average molecular weight is 673 g/mol. The molecule has 254 valence electrons. The molecule has 0 saturated heterocycles. The molecular weight excluding hydrogens is 629 g/mol. The van der Waals surface area contributed by atoms with Crippen LogP contribution in [-0.4, -0.2) is 8.80 Å². The van der Waals surface area contributed by atoms with Crippen molar-refractivity contribution in [2.75, 3.05) is 0 Å². The van der Waals surface area contributed by atoms with Crippen molar-refractivity contribution >= 4 is 97.7 Å². The minimum atomic E-state index is 0.0386. The van der Waals surface area contributed by atoms with Crippen LogP contribution in [0.15, 0.2) is 103 Å². The molecule has 11 rings (SSSR count). The highest BCUT2D eigenvalue weighted by molar-refractivity contribution is 6.28. The van der Waals surface area contributed by atoms with Gasteiger partial charge in [0.25, 0.3) is 0 Å². The minimum absolute atomic E-state index is 0.0386. The SMILES string of the molecule is CC(C)(C)c1ccc2c(c1)c1cccc3c4cc5ccc6cc7c8cc(C(C)(C)C)cc9c%10cc(C(C)(C)C)ccc%10n(c7cc6c5cc4n2c13)c98. The highest BCUT2D eigenvalue weighted by Crippen LogP contribution is 2.46. The predicted molar refractivity (Wildman–Crippen MR) is 227 cm³/mol. The van der Waals surface area contributed by atoms with E-state index in [1.54, 1.807) is 0 Å². The zero-order chi connectivity index (χ0) is 35.8. The second kappa shape index (κ2) is 9.36. The molecule has 0 aliphatic heterocycles. The van der Waals surface area contributed by atoms with Gasteiger partial charge in [0.05, 0.1) is 33.1 Å². The lowest BCUT2D eigenvalue weighted by Gasteiger charge is -2.20. The maximum absolute atomic E-state index is 2.56. The first-order valence-corrected chi connectivity index (χ1v) is 18.9. The molecule has 2 nitrogen and oxygen atoms in total. The van der Waals surface area contributed by atoms with E-state index in [1.165, 1.54) is 114 Å². The summed E-state index contributed by atoms with van der Waals surface area (Å²) in [5.41, 5.74) is 12.2. The van der Waals surface area contributed by atoms with Crippen LogP contribution < -0.4 is 0 Å². The first kappa shape index (κ1) is 30.3. The van der Waals surface area contributed by atoms with Crippen molar-refractivity contribution in [3.05, 3.63) is 120 Å². The Labute approximate surface area is 303 Å². The predicted octanol–water partition coefficient (Wildman–Crippen LogP) is 14.2. The molecule has 0 amide bonds. The molecule has 4 aromatic heterocycles. The summed E-state index contributed by atoms with van der Waals surface area (Å²) >= 11 is 0. The largest absolute Gasteiger partial charge is 0.308 e. The summed E-state index contributed by atoms with van der Waals surface area (Å²) in [6.45, 7) is 20.9. The fourth-order valence-corrected chi connectivity index (χ4v) is 9.44. The quantitative estimate of drug-likeness (QED) is 0.142. The van der Waals surface area contributed by atoms with Gasteiger partial charge in [0.1, 0.15) is 0 Å². The molecule has 0 radical (unpaired) electrons. The molecule has 11 aromatic rings. The van der Waals surface area contributed by atoms with Gasteiger partial charge >= 0.3 is 0 Å². The van der Waals surface area contributed by atoms with Gasteiger partial charge in [-0.05, 0) is 115 Å². The van der Waals surface area contributed by atoms with Crippen LogP contribution in [0.25, 0.3) is 97.7 Å². The molecule has 52 heavy (non-hydrogen) atoms. The Balaban J connectivity index is 1.27. The van der Waals surface area contributed by atoms with Gasteiger partial charge in [-0.1, -0.05) is 105 Å². The summed E-state index contributed by atoms with van der Waals surface area (Å²) in [6, 6.07) is 40.6. The smallest absolute Gasteiger partial charge is 0.0620 e. The highest BCUT2D eigenvalue weighted by Gasteiger charge is 2.25. The number of nitrogens with zero attached hydrogens (tertiary/aromatic N) is 2. The van der Waals surface area contributed by atoms with E-state index in [2.05, 4.69) is 174 Å². The number of hydrogen-bond acceptors (Lipinski definition) is 0. The van der Waals surface area contributed by atoms with Crippen LogP contribution in [0.4, 0.5) is 0 Å². The zero-order valence-corrected chi connectivity index (χ0v) is 31.7. The number of benzene rings is 7. The maximum Gasteiger partial charge on any atom is 0.0620 e. The lowest BCUT2D eigenvalue weighted by molar-refractivity contribution is 0.590. The van der Waals surface area contributed by atoms with Crippen molar-refractivity contribution in [2.24, 2.45) is 0 Å². The number of para-hydroxylation sites is 1. The van der Waals surface area contributed by atoms with E-state index in [9.17, 15) is 0 Å². The van der Waals surface area contributed by atoms with Crippen molar-refractivity contribution in [2.45, 2.75) is 78.6 Å². The van der Waals surface area contributed by atoms with E-state index < -0.39 is 0 Å². The van der Waals surface area contributed by atoms with E-state index in [0.717, 1.165) is 0 Å². The van der Waals surface area contributed by atoms with Gasteiger partial charge in [0.15, 0.2) is 0 Å². The van der Waals surface area contributed by atoms with Crippen molar-refractivity contribution in [1.82, 2.24) is 8.80 Å². The van der Waals surface area contributed by atoms with Crippen LogP contribution in [0.3, 0.4) is 0 Å². The molecule has 2 heteroatoms. The molecule has 0 N–H and O–H groups in total. The van der Waals surface area contributed by atoms with Crippen LogP contribution in [0.5, 0.6) is 0 Å². The molecule has 7 aromatic carbocycles. The lowest BCUT2D eigenvalue weighted by atomic mass is 9.84. The molecule has 0 saturated carbocycles. The van der Waals surface area contributed by atoms with Crippen LogP contribution in [-0.2, 0) is 16.2 Å². The van der Waals surface area contributed by atoms with E-state index in [1.807, 2.05) is 0 Å². The average Bonchev–Trinajstić information content (AvgIpc) is 3.81. The Kier molecular flexibility index (Phi) is 5.45. The van der Waals surface area contributed by atoms with Gasteiger partial charge in [0.2, 0.25) is 0 Å². The highest BCUT2D eigenvalue weighted by atomic mass is 14.9. The molecule has 0 atom stereocenters. The summed E-state index contributed by atoms with van der Waals surface area (Å²) in [6.07, 6.45) is 0. The molecule has 4 heterocycles. The molecular formula is C50H44N2. The summed E-state index contributed by atoms with van der Waals surface area (Å²) in [5, 5.41) is 15.9. The molecule has 0 aliphatic rings. The Morgan fingerprint density at radius 3 is 1.15 bits per heavy atom. The Morgan fingerprint density at radius 1 is 0.308 bits per heavy atom. The van der Waals surface area contributed by atoms with Crippen LogP contribution in [0.2, 0.25) is 0 Å². The molecule has 0 fully saturated rings. The fraction of sp³-hybridized carbons (Fsp3) is 0.240. The first-order valence-electron chi connectivity index (χ1n) is 18.9. The summed E-state index contributed by atoms with van der Waals surface area (Å²) in [7, 11) is 0. The third kappa shape index (κ3) is 3.80. The van der Waals surface area contributed by atoms with E-state index >= 15 is 0 Å². The minimum Gasteiger partial charge on any atom is -0.308 e. The normalized spacial score (nSPS) is 13.9. The zero-order valence-electron chi connectivity index (χ0n) is 31.7. The third-order valence-corrected chi connectivity index (χ3v) is 12.4. The second-order valence-corrected chi connectivity index (χ2v) is 18.8. The second-order valence-electron chi connectivity index (χ2n) is 18.8. The van der Waals surface area contributed by atoms with Crippen molar-refractivity contribution in [3.8, 4) is 0 Å². The summed E-state index contributed by atoms with van der Waals surface area (Å²) < 4.78 is 5.10. The third-order valence-electron chi connectivity index (χ3n) is 12.4. The number of rotatable bonds is 0. The number of aromatic nitrogens is 2. The summed E-state index contributed by atoms with van der Waals surface area (Å²) in [4.78, 5) is 0. The van der Waals surface area contributed by atoms with Crippen molar-refractivity contribution in [3.63, 3.8) is 0 Å². The lowest BCUT2D eigenvalue weighted by Crippen LogP contribution is -2.11. The van der Waals surface area contributed by atoms with E-state index in [4.69, 9.17) is 0 Å². The van der Waals surface area contributed by atoms with Crippen molar-refractivity contribution < 1.29 is 0 Å². The van der Waals surface area contributed by atoms with Gasteiger partial charge in [-0.25, -0.2) is 0 Å². The number of fused-ring (bicyclic) bond motifs is 15. The van der Waals surface area contributed by atoms with Gasteiger partial charge in [-0.15, -0.1) is 0 Å². The molecule has 0 aliphatic carbocycles. The monoisotopic (exact) mass is 672 g/mol. The van der Waals surface area contributed by atoms with E-state index in [0.29, 0.717) is 0 Å². The maximum atomic E-state index is 2.56. The summed E-state index contributed by atoms with van der Waals surface area (Å²) in [5.74, 6) is 0. The van der Waals surface area contributed by atoms with Crippen LogP contribution in [0, 0.1) is 0 Å². The van der Waals surface area contributed by atoms with Gasteiger partial charge < -0.3 is 8.80 Å². The van der Waals surface area contributed by atoms with Crippen LogP contribution in [0.1, 0.15) is 79.0 Å². The van der Waals surface area contributed by atoms with Gasteiger partial charge in [-0.3, -0.25) is 0 Å². The number of hydrogen-bond donors (Lipinski definition) is 0. The van der Waals surface area contributed by atoms with Crippen LogP contribution >= 0.6 is 0 Å². The van der Waals surface area contributed by atoms with Gasteiger partial charge in [-0.2, -0.15) is 0 Å². The standard InChI is InChI=1S/C50H44N2/c1-48(2,3)29-15-17-42-38(21-29)33-12-10-11-32-36-19-27-13-14-28-20-37-40-23-31(50(7,8)9)24-41-39-22-30(49(4,5)6)16-18-43(39)52(47(40)41)45(37)26-35(28)34(27)25-44(36)51(42)46(32)33/h10-26H,1-9H3. The Bertz CT molecular complexity index is 3320. The topological polar surface area (TPSA) is 8.82 Å². The Hall–Kier alpha value is -5.34. The fourth-order valence-electron chi connectivity index (χ4n) is 9.44.